The van der Waals surface area contributed by atoms with E-state index in [9.17, 15) is 4.79 Å². The van der Waals surface area contributed by atoms with E-state index in [1.54, 1.807) is 24.5 Å². The van der Waals surface area contributed by atoms with Crippen LogP contribution in [0.1, 0.15) is 21.9 Å². The Bertz CT molecular complexity index is 818. The molecule has 5 nitrogen and oxygen atoms in total. The first-order valence-electron chi connectivity index (χ1n) is 7.35. The first kappa shape index (κ1) is 16.3. The van der Waals surface area contributed by atoms with Crippen LogP contribution in [0.25, 0.3) is 0 Å². The summed E-state index contributed by atoms with van der Waals surface area (Å²) in [6.45, 7) is 0.656. The molecule has 0 aliphatic heterocycles. The van der Waals surface area contributed by atoms with Crippen LogP contribution in [0.5, 0.6) is 5.75 Å². The van der Waals surface area contributed by atoms with Crippen LogP contribution in [0.4, 0.5) is 0 Å². The molecule has 2 heterocycles. The van der Waals surface area contributed by atoms with Crippen molar-refractivity contribution in [2.24, 2.45) is 0 Å². The van der Waals surface area contributed by atoms with Crippen LogP contribution in [0, 0.1) is 0 Å². The maximum atomic E-state index is 12.1. The van der Waals surface area contributed by atoms with Gasteiger partial charge in [0, 0.05) is 23.4 Å². The van der Waals surface area contributed by atoms with Crippen molar-refractivity contribution in [3.63, 3.8) is 0 Å². The summed E-state index contributed by atoms with van der Waals surface area (Å²) in [5, 5.41) is 2.79. The molecule has 0 radical (unpaired) electrons. The molecule has 1 amide bonds. The number of aromatic nitrogens is 1. The number of halogens is 1. The Morgan fingerprint density at radius 1 is 1.21 bits per heavy atom. The van der Waals surface area contributed by atoms with Gasteiger partial charge in [0.1, 0.15) is 18.1 Å². The first-order valence-corrected chi connectivity index (χ1v) is 8.14. The van der Waals surface area contributed by atoms with Crippen LogP contribution in [0.2, 0.25) is 0 Å². The van der Waals surface area contributed by atoms with E-state index in [4.69, 9.17) is 9.15 Å². The first-order chi connectivity index (χ1) is 11.7. The third-order valence-electron chi connectivity index (χ3n) is 3.24. The van der Waals surface area contributed by atoms with Gasteiger partial charge in [-0.25, -0.2) is 0 Å². The number of furan rings is 1. The van der Waals surface area contributed by atoms with Crippen LogP contribution in [0.3, 0.4) is 0 Å². The van der Waals surface area contributed by atoms with Crippen molar-refractivity contribution < 1.29 is 13.9 Å². The summed E-state index contributed by atoms with van der Waals surface area (Å²) in [5.74, 6) is 1.30. The highest BCUT2D eigenvalue weighted by Crippen LogP contribution is 2.19. The highest BCUT2D eigenvalue weighted by atomic mass is 79.9. The number of hydrogen-bond acceptors (Lipinski definition) is 4. The van der Waals surface area contributed by atoms with Gasteiger partial charge in [-0.3, -0.25) is 9.78 Å². The highest BCUT2D eigenvalue weighted by molar-refractivity contribution is 9.10. The third kappa shape index (κ3) is 4.45. The van der Waals surface area contributed by atoms with Gasteiger partial charge in [-0.1, -0.05) is 28.1 Å². The van der Waals surface area contributed by atoms with Crippen LogP contribution in [-0.4, -0.2) is 10.9 Å². The quantitative estimate of drug-likeness (QED) is 0.696. The Morgan fingerprint density at radius 3 is 2.92 bits per heavy atom. The van der Waals surface area contributed by atoms with Crippen molar-refractivity contribution in [1.29, 1.82) is 0 Å². The summed E-state index contributed by atoms with van der Waals surface area (Å²) in [4.78, 5) is 16.1. The van der Waals surface area contributed by atoms with E-state index in [1.165, 1.54) is 0 Å². The van der Waals surface area contributed by atoms with Crippen LogP contribution in [-0.2, 0) is 13.2 Å². The maximum Gasteiger partial charge on any atom is 0.287 e. The number of nitrogens with zero attached hydrogens (tertiary/aromatic N) is 1. The molecule has 24 heavy (non-hydrogen) atoms. The van der Waals surface area contributed by atoms with Gasteiger partial charge in [-0.2, -0.15) is 0 Å². The van der Waals surface area contributed by atoms with Crippen molar-refractivity contribution in [2.45, 2.75) is 13.2 Å². The molecule has 0 bridgehead atoms. The van der Waals surface area contributed by atoms with Crippen molar-refractivity contribution in [1.82, 2.24) is 10.3 Å². The van der Waals surface area contributed by atoms with Crippen LogP contribution < -0.4 is 10.1 Å². The van der Waals surface area contributed by atoms with Crippen molar-refractivity contribution >= 4 is 21.8 Å². The molecule has 3 aromatic rings. The number of benzene rings is 1. The molecule has 0 saturated carbocycles. The lowest BCUT2D eigenvalue weighted by molar-refractivity contribution is 0.0919. The molecular weight excluding hydrogens is 372 g/mol. The fourth-order valence-electron chi connectivity index (χ4n) is 2.06. The number of ether oxygens (including phenoxy) is 1. The van der Waals surface area contributed by atoms with Gasteiger partial charge in [0.25, 0.3) is 5.91 Å². The Hall–Kier alpha value is -2.60. The Morgan fingerprint density at radius 2 is 2.12 bits per heavy atom. The van der Waals surface area contributed by atoms with Crippen molar-refractivity contribution in [3.8, 4) is 5.75 Å². The monoisotopic (exact) mass is 386 g/mol. The zero-order valence-corrected chi connectivity index (χ0v) is 14.3. The molecule has 3 rings (SSSR count). The predicted octanol–water partition coefficient (Wildman–Crippen LogP) is 3.95. The largest absolute Gasteiger partial charge is 0.486 e. The molecule has 1 N–H and O–H groups in total. The summed E-state index contributed by atoms with van der Waals surface area (Å²) in [7, 11) is 0. The number of rotatable bonds is 6. The van der Waals surface area contributed by atoms with Gasteiger partial charge in [0.15, 0.2) is 5.76 Å². The fraction of sp³-hybridized carbons (Fsp3) is 0.111. The minimum atomic E-state index is -0.271. The predicted molar refractivity (Wildman–Crippen MR) is 92.6 cm³/mol. The number of nitrogens with one attached hydrogen (secondary N) is 1. The second-order valence-electron chi connectivity index (χ2n) is 5.06. The zero-order valence-electron chi connectivity index (χ0n) is 12.7. The Balaban J connectivity index is 1.53. The third-order valence-corrected chi connectivity index (χ3v) is 3.73. The summed E-state index contributed by atoms with van der Waals surface area (Å²) in [6, 6.07) is 14.6. The van der Waals surface area contributed by atoms with E-state index >= 15 is 0 Å². The number of hydrogen-bond donors (Lipinski definition) is 1. The average Bonchev–Trinajstić information content (AvgIpc) is 3.08. The molecule has 0 aliphatic carbocycles. The molecule has 2 aromatic heterocycles. The summed E-state index contributed by atoms with van der Waals surface area (Å²) in [5.41, 5.74) is 0.926. The van der Waals surface area contributed by atoms with Crippen LogP contribution in [0.15, 0.2) is 69.8 Å². The van der Waals surface area contributed by atoms with Crippen molar-refractivity contribution in [2.75, 3.05) is 0 Å². The highest BCUT2D eigenvalue weighted by Gasteiger charge is 2.11. The van der Waals surface area contributed by atoms with E-state index in [1.807, 2.05) is 36.4 Å². The van der Waals surface area contributed by atoms with E-state index in [2.05, 4.69) is 26.2 Å². The van der Waals surface area contributed by atoms with E-state index in [0.29, 0.717) is 12.3 Å². The molecular formula is C18H15BrN2O3. The van der Waals surface area contributed by atoms with E-state index in [-0.39, 0.29) is 18.3 Å². The molecule has 0 fully saturated rings. The Kier molecular flexibility index (Phi) is 5.28. The molecule has 0 aliphatic rings. The second kappa shape index (κ2) is 7.79. The summed E-state index contributed by atoms with van der Waals surface area (Å²) < 4.78 is 12.1. The molecule has 1 aromatic carbocycles. The molecule has 122 valence electrons. The standard InChI is InChI=1S/C18H15BrN2O3/c19-14-4-1-5-15(9-14)23-12-16-6-7-17(24-16)18(22)21-11-13-3-2-8-20-10-13/h1-10H,11-12H2,(H,21,22). The van der Waals surface area contributed by atoms with E-state index < -0.39 is 0 Å². The number of pyridine rings is 1. The lowest BCUT2D eigenvalue weighted by atomic mass is 10.3. The molecule has 0 unspecified atom stereocenters. The SMILES string of the molecule is O=C(NCc1cccnc1)c1ccc(COc2cccc(Br)c2)o1. The molecule has 0 atom stereocenters. The van der Waals surface area contributed by atoms with E-state index in [0.717, 1.165) is 15.8 Å². The number of carbonyl (C=O) groups is 1. The lowest BCUT2D eigenvalue weighted by Gasteiger charge is -2.05. The second-order valence-corrected chi connectivity index (χ2v) is 5.97. The van der Waals surface area contributed by atoms with Gasteiger partial charge in [-0.05, 0) is 42.0 Å². The van der Waals surface area contributed by atoms with Gasteiger partial charge < -0.3 is 14.5 Å². The smallest absolute Gasteiger partial charge is 0.287 e. The topological polar surface area (TPSA) is 64.4 Å². The minimum Gasteiger partial charge on any atom is -0.486 e. The minimum absolute atomic E-state index is 0.256. The number of amides is 1. The Labute approximate surface area is 147 Å². The summed E-state index contributed by atoms with van der Waals surface area (Å²) >= 11 is 3.39. The van der Waals surface area contributed by atoms with Gasteiger partial charge in [0.2, 0.25) is 0 Å². The maximum absolute atomic E-state index is 12.1. The van der Waals surface area contributed by atoms with Crippen molar-refractivity contribution in [3.05, 3.63) is 82.5 Å². The molecule has 0 spiro atoms. The molecule has 0 saturated heterocycles. The van der Waals surface area contributed by atoms with Gasteiger partial charge >= 0.3 is 0 Å². The average molecular weight is 387 g/mol. The zero-order chi connectivity index (χ0) is 16.8. The van der Waals surface area contributed by atoms with Gasteiger partial charge in [0.05, 0.1) is 0 Å². The fourth-order valence-corrected chi connectivity index (χ4v) is 2.44. The summed E-state index contributed by atoms with van der Waals surface area (Å²) in [6.07, 6.45) is 3.40. The number of carbonyl (C=O) groups excluding carboxylic acids is 1. The normalized spacial score (nSPS) is 10.4. The lowest BCUT2D eigenvalue weighted by Crippen LogP contribution is -2.22. The van der Waals surface area contributed by atoms with Gasteiger partial charge in [-0.15, -0.1) is 0 Å². The van der Waals surface area contributed by atoms with Crippen LogP contribution >= 0.6 is 15.9 Å². The molecule has 6 heteroatoms.